The number of fused-ring (bicyclic) bond motifs is 1. The van der Waals surface area contributed by atoms with Crippen LogP contribution < -0.4 is 5.32 Å². The normalized spacial score (nSPS) is 19.0. The number of benzene rings is 1. The highest BCUT2D eigenvalue weighted by atomic mass is 32.2. The molecule has 8 heteroatoms. The minimum absolute atomic E-state index is 0.0322. The average molecular weight is 390 g/mol. The van der Waals surface area contributed by atoms with Crippen LogP contribution in [-0.2, 0) is 16.4 Å². The van der Waals surface area contributed by atoms with Crippen LogP contribution in [0.25, 0.3) is 10.2 Å². The molecule has 1 fully saturated rings. The minimum atomic E-state index is -3.01. The standard InChI is InChI=1S/C18H19N3O3S2/c1-12-15-9-16(17(22)19-14-7-8-26(23,24)11-14)25-18(15)21(20-12)10-13-5-3-2-4-6-13/h2-6,9,14H,7-8,10-11H2,1H3,(H,19,22). The molecule has 0 bridgehead atoms. The third-order valence-electron chi connectivity index (χ3n) is 4.57. The molecule has 1 atom stereocenters. The first kappa shape index (κ1) is 17.2. The van der Waals surface area contributed by atoms with Crippen LogP contribution in [0.3, 0.4) is 0 Å². The monoisotopic (exact) mass is 389 g/mol. The molecular weight excluding hydrogens is 370 g/mol. The van der Waals surface area contributed by atoms with Gasteiger partial charge in [0.25, 0.3) is 5.91 Å². The summed E-state index contributed by atoms with van der Waals surface area (Å²) in [5.41, 5.74) is 2.03. The summed E-state index contributed by atoms with van der Waals surface area (Å²) in [5, 5.41) is 8.40. The maximum atomic E-state index is 12.5. The zero-order valence-corrected chi connectivity index (χ0v) is 15.9. The van der Waals surface area contributed by atoms with Crippen molar-refractivity contribution in [2.45, 2.75) is 25.9 Å². The van der Waals surface area contributed by atoms with Crippen molar-refractivity contribution in [1.82, 2.24) is 15.1 Å². The van der Waals surface area contributed by atoms with Gasteiger partial charge >= 0.3 is 0 Å². The van der Waals surface area contributed by atoms with E-state index in [1.165, 1.54) is 11.3 Å². The fraction of sp³-hybridized carbons (Fsp3) is 0.333. The molecule has 1 saturated heterocycles. The van der Waals surface area contributed by atoms with Gasteiger partial charge in [-0.1, -0.05) is 30.3 Å². The van der Waals surface area contributed by atoms with Gasteiger partial charge in [-0.3, -0.25) is 9.48 Å². The number of hydrogen-bond donors (Lipinski definition) is 1. The summed E-state index contributed by atoms with van der Waals surface area (Å²) in [7, 11) is -3.01. The third kappa shape index (κ3) is 3.39. The van der Waals surface area contributed by atoms with Crippen LogP contribution in [0, 0.1) is 6.92 Å². The molecule has 1 unspecified atom stereocenters. The number of nitrogens with zero attached hydrogens (tertiary/aromatic N) is 2. The quantitative estimate of drug-likeness (QED) is 0.743. The molecule has 0 radical (unpaired) electrons. The zero-order chi connectivity index (χ0) is 18.3. The second kappa shape index (κ2) is 6.51. The van der Waals surface area contributed by atoms with Crippen molar-refractivity contribution >= 4 is 37.3 Å². The van der Waals surface area contributed by atoms with Gasteiger partial charge in [-0.25, -0.2) is 8.42 Å². The molecule has 26 heavy (non-hydrogen) atoms. The number of rotatable bonds is 4. The van der Waals surface area contributed by atoms with Crippen molar-refractivity contribution in [1.29, 1.82) is 0 Å². The number of carbonyl (C=O) groups is 1. The summed E-state index contributed by atoms with van der Waals surface area (Å²) < 4.78 is 25.0. The maximum Gasteiger partial charge on any atom is 0.261 e. The molecule has 1 amide bonds. The highest BCUT2D eigenvalue weighted by molar-refractivity contribution is 7.91. The first-order chi connectivity index (χ1) is 12.4. The lowest BCUT2D eigenvalue weighted by Crippen LogP contribution is -2.35. The van der Waals surface area contributed by atoms with Gasteiger partial charge in [-0.15, -0.1) is 11.3 Å². The van der Waals surface area contributed by atoms with E-state index < -0.39 is 9.84 Å². The van der Waals surface area contributed by atoms with E-state index >= 15 is 0 Å². The van der Waals surface area contributed by atoms with Crippen molar-refractivity contribution in [3.05, 3.63) is 52.5 Å². The number of sulfone groups is 1. The van der Waals surface area contributed by atoms with Crippen LogP contribution in [0.4, 0.5) is 0 Å². The lowest BCUT2D eigenvalue weighted by atomic mass is 10.2. The number of nitrogens with one attached hydrogen (secondary N) is 1. The molecule has 3 heterocycles. The summed E-state index contributed by atoms with van der Waals surface area (Å²) >= 11 is 1.39. The molecule has 1 N–H and O–H groups in total. The van der Waals surface area contributed by atoms with Gasteiger partial charge in [0.15, 0.2) is 9.84 Å². The molecule has 3 aromatic rings. The summed E-state index contributed by atoms with van der Waals surface area (Å²) in [5.74, 6) is -0.0288. The van der Waals surface area contributed by atoms with Crippen LogP contribution >= 0.6 is 11.3 Å². The Balaban J connectivity index is 1.57. The maximum absolute atomic E-state index is 12.5. The molecule has 1 aliphatic heterocycles. The SMILES string of the molecule is Cc1nn(Cc2ccccc2)c2sc(C(=O)NC3CCS(=O)(=O)C3)cc12. The highest BCUT2D eigenvalue weighted by Crippen LogP contribution is 2.29. The van der Waals surface area contributed by atoms with E-state index in [2.05, 4.69) is 10.4 Å². The molecule has 2 aromatic heterocycles. The van der Waals surface area contributed by atoms with E-state index in [0.717, 1.165) is 21.5 Å². The van der Waals surface area contributed by atoms with Crippen molar-refractivity contribution in [3.63, 3.8) is 0 Å². The lowest BCUT2D eigenvalue weighted by Gasteiger charge is -2.09. The van der Waals surface area contributed by atoms with Crippen molar-refractivity contribution in [2.24, 2.45) is 0 Å². The number of thiophene rings is 1. The van der Waals surface area contributed by atoms with E-state index in [1.54, 1.807) is 0 Å². The predicted molar refractivity (Wildman–Crippen MR) is 102 cm³/mol. The van der Waals surface area contributed by atoms with Gasteiger partial charge in [-0.2, -0.15) is 5.10 Å². The fourth-order valence-corrected chi connectivity index (χ4v) is 5.99. The van der Waals surface area contributed by atoms with Crippen LogP contribution in [0.2, 0.25) is 0 Å². The van der Waals surface area contributed by atoms with Crippen LogP contribution in [0.1, 0.15) is 27.3 Å². The Hall–Kier alpha value is -2.19. The van der Waals surface area contributed by atoms with Gasteiger partial charge in [0, 0.05) is 11.4 Å². The fourth-order valence-electron chi connectivity index (χ4n) is 3.25. The molecule has 4 rings (SSSR count). The Morgan fingerprint density at radius 3 is 2.81 bits per heavy atom. The smallest absolute Gasteiger partial charge is 0.261 e. The molecule has 1 aliphatic rings. The van der Waals surface area contributed by atoms with Crippen LogP contribution in [0.5, 0.6) is 0 Å². The van der Waals surface area contributed by atoms with E-state index in [0.29, 0.717) is 17.8 Å². The largest absolute Gasteiger partial charge is 0.348 e. The van der Waals surface area contributed by atoms with Crippen molar-refractivity contribution in [2.75, 3.05) is 11.5 Å². The summed E-state index contributed by atoms with van der Waals surface area (Å²) in [6.45, 7) is 2.58. The van der Waals surface area contributed by atoms with Gasteiger partial charge in [0.2, 0.25) is 0 Å². The first-order valence-electron chi connectivity index (χ1n) is 8.43. The number of aromatic nitrogens is 2. The highest BCUT2D eigenvalue weighted by Gasteiger charge is 2.29. The molecule has 1 aromatic carbocycles. The third-order valence-corrected chi connectivity index (χ3v) is 7.49. The molecule has 0 saturated carbocycles. The van der Waals surface area contributed by atoms with Gasteiger partial charge < -0.3 is 5.32 Å². The van der Waals surface area contributed by atoms with Crippen LogP contribution in [-0.4, -0.2) is 41.7 Å². The Morgan fingerprint density at radius 2 is 2.12 bits per heavy atom. The first-order valence-corrected chi connectivity index (χ1v) is 11.1. The predicted octanol–water partition coefficient (Wildman–Crippen LogP) is 2.37. The molecule has 0 aliphatic carbocycles. The summed E-state index contributed by atoms with van der Waals surface area (Å²) in [4.78, 5) is 14.1. The number of hydrogen-bond acceptors (Lipinski definition) is 5. The van der Waals surface area contributed by atoms with E-state index in [1.807, 2.05) is 48.0 Å². The topological polar surface area (TPSA) is 81.1 Å². The Bertz CT molecular complexity index is 1070. The average Bonchev–Trinajstić information content (AvgIpc) is 3.25. The van der Waals surface area contributed by atoms with E-state index in [9.17, 15) is 13.2 Å². The molecular formula is C18H19N3O3S2. The molecule has 136 valence electrons. The summed E-state index contributed by atoms with van der Waals surface area (Å²) in [6.07, 6.45) is 0.486. The number of aryl methyl sites for hydroxylation is 1. The second-order valence-corrected chi connectivity index (χ2v) is 9.89. The van der Waals surface area contributed by atoms with E-state index in [-0.39, 0.29) is 23.5 Å². The Morgan fingerprint density at radius 1 is 1.35 bits per heavy atom. The zero-order valence-electron chi connectivity index (χ0n) is 14.3. The lowest BCUT2D eigenvalue weighted by molar-refractivity contribution is 0.0945. The van der Waals surface area contributed by atoms with E-state index in [4.69, 9.17) is 0 Å². The Kier molecular flexibility index (Phi) is 4.32. The second-order valence-electron chi connectivity index (χ2n) is 6.63. The van der Waals surface area contributed by atoms with Gasteiger partial charge in [0.05, 0.1) is 28.6 Å². The summed E-state index contributed by atoms with van der Waals surface area (Å²) in [6, 6.07) is 11.6. The Labute approximate surface area is 155 Å². The van der Waals surface area contributed by atoms with Crippen molar-refractivity contribution in [3.8, 4) is 0 Å². The van der Waals surface area contributed by atoms with Gasteiger partial charge in [0.1, 0.15) is 4.83 Å². The van der Waals surface area contributed by atoms with Crippen LogP contribution in [0.15, 0.2) is 36.4 Å². The van der Waals surface area contributed by atoms with Gasteiger partial charge in [-0.05, 0) is 25.0 Å². The number of carbonyl (C=O) groups excluding carboxylic acids is 1. The molecule has 0 spiro atoms. The minimum Gasteiger partial charge on any atom is -0.348 e. The molecule has 6 nitrogen and oxygen atoms in total. The number of amides is 1. The van der Waals surface area contributed by atoms with Crippen molar-refractivity contribution < 1.29 is 13.2 Å².